The second kappa shape index (κ2) is 8.07. The Balaban J connectivity index is 1.62. The highest BCUT2D eigenvalue weighted by molar-refractivity contribution is 5.84. The van der Waals surface area contributed by atoms with Crippen LogP contribution >= 0.6 is 0 Å². The quantitative estimate of drug-likeness (QED) is 0.395. The Labute approximate surface area is 153 Å². The highest BCUT2D eigenvalue weighted by Gasteiger charge is 2.16. The van der Waals surface area contributed by atoms with Crippen LogP contribution < -0.4 is 5.43 Å². The monoisotopic (exact) mass is 365 g/mol. The summed E-state index contributed by atoms with van der Waals surface area (Å²) in [6.07, 6.45) is -0.0274. The highest BCUT2D eigenvalue weighted by atomic mass is 16.6. The van der Waals surface area contributed by atoms with Crippen LogP contribution in [0.15, 0.2) is 76.2 Å². The van der Waals surface area contributed by atoms with Crippen molar-refractivity contribution < 1.29 is 19.2 Å². The molecular formula is C19H15N3O5. The van der Waals surface area contributed by atoms with Crippen LogP contribution in [0.2, 0.25) is 0 Å². The summed E-state index contributed by atoms with van der Waals surface area (Å²) >= 11 is 0. The van der Waals surface area contributed by atoms with Gasteiger partial charge in [0.05, 0.1) is 11.1 Å². The predicted octanol–water partition coefficient (Wildman–Crippen LogP) is 3.04. The second-order valence-electron chi connectivity index (χ2n) is 5.55. The minimum atomic E-state index is -1.32. The molecule has 0 radical (unpaired) electrons. The molecule has 0 aliphatic rings. The molecule has 1 amide bonds. The zero-order chi connectivity index (χ0) is 19.2. The summed E-state index contributed by atoms with van der Waals surface area (Å²) in [5.41, 5.74) is 3.37. The number of nitro groups is 1. The van der Waals surface area contributed by atoms with Crippen molar-refractivity contribution >= 4 is 17.8 Å². The van der Waals surface area contributed by atoms with Gasteiger partial charge in [0, 0.05) is 17.7 Å². The molecule has 0 bridgehead atoms. The van der Waals surface area contributed by atoms with Gasteiger partial charge in [-0.3, -0.25) is 14.9 Å². The lowest BCUT2D eigenvalue weighted by atomic mass is 10.1. The molecule has 1 aromatic heterocycles. The van der Waals surface area contributed by atoms with E-state index in [9.17, 15) is 20.0 Å². The maximum absolute atomic E-state index is 11.9. The highest BCUT2D eigenvalue weighted by Crippen LogP contribution is 2.24. The van der Waals surface area contributed by atoms with E-state index < -0.39 is 16.9 Å². The number of hydrogen-bond acceptors (Lipinski definition) is 6. The first-order valence-electron chi connectivity index (χ1n) is 7.95. The lowest BCUT2D eigenvalue weighted by Gasteiger charge is -2.08. The summed E-state index contributed by atoms with van der Waals surface area (Å²) in [7, 11) is 0. The molecule has 0 saturated carbocycles. The Morgan fingerprint density at radius 1 is 1.11 bits per heavy atom. The SMILES string of the molecule is O=C(N/N=C\c1ccc(-c2ccc([N+](=O)[O-])cc2)o1)[C@H](O)c1ccccc1. The van der Waals surface area contributed by atoms with Gasteiger partial charge >= 0.3 is 0 Å². The summed E-state index contributed by atoms with van der Waals surface area (Å²) in [5.74, 6) is 0.208. The van der Waals surface area contributed by atoms with Gasteiger partial charge in [0.1, 0.15) is 11.5 Å². The molecule has 8 nitrogen and oxygen atoms in total. The molecule has 136 valence electrons. The van der Waals surface area contributed by atoms with Crippen molar-refractivity contribution in [3.05, 3.63) is 88.2 Å². The van der Waals surface area contributed by atoms with Gasteiger partial charge in [-0.1, -0.05) is 30.3 Å². The molecule has 1 heterocycles. The topological polar surface area (TPSA) is 118 Å². The summed E-state index contributed by atoms with van der Waals surface area (Å²) in [6, 6.07) is 17.7. The molecule has 0 aliphatic carbocycles. The number of hydrazone groups is 1. The number of aliphatic hydroxyl groups excluding tert-OH is 1. The third kappa shape index (κ3) is 4.44. The van der Waals surface area contributed by atoms with Crippen LogP contribution in [0.5, 0.6) is 0 Å². The Bertz CT molecular complexity index is 965. The number of nitrogens with one attached hydrogen (secondary N) is 1. The first-order chi connectivity index (χ1) is 13.0. The van der Waals surface area contributed by atoms with Crippen molar-refractivity contribution in [1.29, 1.82) is 0 Å². The average molecular weight is 365 g/mol. The lowest BCUT2D eigenvalue weighted by Crippen LogP contribution is -2.25. The number of furan rings is 1. The van der Waals surface area contributed by atoms with Crippen molar-refractivity contribution in [2.75, 3.05) is 0 Å². The van der Waals surface area contributed by atoms with Crippen LogP contribution in [-0.2, 0) is 4.79 Å². The van der Waals surface area contributed by atoms with E-state index in [2.05, 4.69) is 10.5 Å². The number of aliphatic hydroxyl groups is 1. The van der Waals surface area contributed by atoms with E-state index in [-0.39, 0.29) is 5.69 Å². The van der Waals surface area contributed by atoms with E-state index in [0.717, 1.165) is 0 Å². The van der Waals surface area contributed by atoms with E-state index in [1.165, 1.54) is 18.3 Å². The minimum Gasteiger partial charge on any atom is -0.455 e. The van der Waals surface area contributed by atoms with E-state index in [1.807, 2.05) is 0 Å². The molecule has 0 fully saturated rings. The Hall–Kier alpha value is -3.78. The van der Waals surface area contributed by atoms with Crippen molar-refractivity contribution in [1.82, 2.24) is 5.43 Å². The largest absolute Gasteiger partial charge is 0.455 e. The van der Waals surface area contributed by atoms with Crippen molar-refractivity contribution in [3.8, 4) is 11.3 Å². The molecule has 3 aromatic rings. The number of nitrogens with zero attached hydrogens (tertiary/aromatic N) is 2. The standard InChI is InChI=1S/C19H15N3O5/c23-18(14-4-2-1-3-5-14)19(24)21-20-12-16-10-11-17(27-16)13-6-8-15(9-7-13)22(25)26/h1-12,18,23H,(H,21,24)/b20-12-/t18-/m1/s1. The average Bonchev–Trinajstić information content (AvgIpc) is 3.17. The molecule has 3 rings (SSSR count). The summed E-state index contributed by atoms with van der Waals surface area (Å²) in [4.78, 5) is 22.1. The number of nitro benzene ring substituents is 1. The van der Waals surface area contributed by atoms with Crippen LogP contribution in [0.3, 0.4) is 0 Å². The van der Waals surface area contributed by atoms with E-state index in [0.29, 0.717) is 22.6 Å². The summed E-state index contributed by atoms with van der Waals surface area (Å²) < 4.78 is 5.56. The third-order valence-electron chi connectivity index (χ3n) is 3.72. The smallest absolute Gasteiger partial charge is 0.273 e. The number of hydrogen-bond donors (Lipinski definition) is 2. The number of carbonyl (C=O) groups excluding carboxylic acids is 1. The second-order valence-corrected chi connectivity index (χ2v) is 5.55. The maximum atomic E-state index is 11.9. The van der Waals surface area contributed by atoms with Crippen molar-refractivity contribution in [2.24, 2.45) is 5.10 Å². The molecule has 2 aromatic carbocycles. The maximum Gasteiger partial charge on any atom is 0.273 e. The summed E-state index contributed by atoms with van der Waals surface area (Å²) in [6.45, 7) is 0. The van der Waals surface area contributed by atoms with Gasteiger partial charge < -0.3 is 9.52 Å². The zero-order valence-corrected chi connectivity index (χ0v) is 14.0. The predicted molar refractivity (Wildman–Crippen MR) is 97.9 cm³/mol. The van der Waals surface area contributed by atoms with Crippen LogP contribution in [-0.4, -0.2) is 22.2 Å². The number of rotatable bonds is 6. The fourth-order valence-corrected chi connectivity index (χ4v) is 2.33. The van der Waals surface area contributed by atoms with Gasteiger partial charge in [0.15, 0.2) is 6.10 Å². The van der Waals surface area contributed by atoms with Crippen LogP contribution in [0.1, 0.15) is 17.4 Å². The first-order valence-corrected chi connectivity index (χ1v) is 7.95. The number of amides is 1. The van der Waals surface area contributed by atoms with Gasteiger partial charge in [-0.25, -0.2) is 5.43 Å². The lowest BCUT2D eigenvalue weighted by molar-refractivity contribution is -0.384. The fourth-order valence-electron chi connectivity index (χ4n) is 2.33. The number of non-ortho nitro benzene ring substituents is 1. The molecule has 27 heavy (non-hydrogen) atoms. The Morgan fingerprint density at radius 3 is 2.48 bits per heavy atom. The Kier molecular flexibility index (Phi) is 5.38. The molecule has 0 aliphatic heterocycles. The molecule has 0 spiro atoms. The minimum absolute atomic E-state index is 0.00761. The molecule has 8 heteroatoms. The molecular weight excluding hydrogens is 350 g/mol. The van der Waals surface area contributed by atoms with E-state index >= 15 is 0 Å². The van der Waals surface area contributed by atoms with Gasteiger partial charge in [-0.2, -0.15) is 5.10 Å². The number of carbonyl (C=O) groups is 1. The van der Waals surface area contributed by atoms with Gasteiger partial charge in [-0.05, 0) is 29.8 Å². The van der Waals surface area contributed by atoms with E-state index in [4.69, 9.17) is 4.42 Å². The van der Waals surface area contributed by atoms with Crippen LogP contribution in [0, 0.1) is 10.1 Å². The zero-order valence-electron chi connectivity index (χ0n) is 14.0. The van der Waals surface area contributed by atoms with Gasteiger partial charge in [0.2, 0.25) is 0 Å². The molecule has 0 saturated heterocycles. The van der Waals surface area contributed by atoms with Crippen LogP contribution in [0.4, 0.5) is 5.69 Å². The molecule has 2 N–H and O–H groups in total. The van der Waals surface area contributed by atoms with Crippen molar-refractivity contribution in [2.45, 2.75) is 6.10 Å². The number of benzene rings is 2. The normalized spacial score (nSPS) is 12.0. The van der Waals surface area contributed by atoms with Gasteiger partial charge in [0.25, 0.3) is 11.6 Å². The molecule has 0 unspecified atom stereocenters. The fraction of sp³-hybridized carbons (Fsp3) is 0.0526. The third-order valence-corrected chi connectivity index (χ3v) is 3.72. The van der Waals surface area contributed by atoms with Crippen molar-refractivity contribution in [3.63, 3.8) is 0 Å². The van der Waals surface area contributed by atoms with Crippen LogP contribution in [0.25, 0.3) is 11.3 Å². The first kappa shape index (κ1) is 18.0. The summed E-state index contributed by atoms with van der Waals surface area (Å²) in [5, 5.41) is 24.4. The molecule has 1 atom stereocenters. The van der Waals surface area contributed by atoms with E-state index in [1.54, 1.807) is 54.6 Å². The van der Waals surface area contributed by atoms with Gasteiger partial charge in [-0.15, -0.1) is 0 Å². The Morgan fingerprint density at radius 2 is 1.81 bits per heavy atom.